The summed E-state index contributed by atoms with van der Waals surface area (Å²) in [6, 6.07) is 16.0. The Bertz CT molecular complexity index is 936. The number of esters is 1. The zero-order chi connectivity index (χ0) is 25.0. The molecule has 1 aliphatic rings. The van der Waals surface area contributed by atoms with Crippen LogP contribution in [0.4, 0.5) is 0 Å². The molecule has 35 heavy (non-hydrogen) atoms. The van der Waals surface area contributed by atoms with Crippen LogP contribution in [0.15, 0.2) is 54.6 Å². The Hall–Kier alpha value is -2.39. The third-order valence-corrected chi connectivity index (χ3v) is 7.50. The van der Waals surface area contributed by atoms with Gasteiger partial charge in [0.05, 0.1) is 18.8 Å². The van der Waals surface area contributed by atoms with E-state index in [1.54, 1.807) is 7.11 Å². The first-order valence-corrected chi connectivity index (χ1v) is 13.6. The number of carbonyl (C=O) groups is 1. The molecule has 3 nitrogen and oxygen atoms in total. The van der Waals surface area contributed by atoms with Crippen LogP contribution >= 0.6 is 0 Å². The molecule has 0 aliphatic heterocycles. The number of rotatable bonds is 13. The highest BCUT2D eigenvalue weighted by Gasteiger charge is 2.22. The summed E-state index contributed by atoms with van der Waals surface area (Å²) in [5.74, 6) is 1.32. The van der Waals surface area contributed by atoms with Gasteiger partial charge in [0, 0.05) is 7.11 Å². The highest BCUT2D eigenvalue weighted by molar-refractivity contribution is 5.87. The normalized spacial score (nSPS) is 17.8. The van der Waals surface area contributed by atoms with Crippen LogP contribution in [0.25, 0.3) is 11.1 Å². The molecule has 0 saturated heterocycles. The van der Waals surface area contributed by atoms with Gasteiger partial charge in [0.15, 0.2) is 0 Å². The molecular formula is C32H44O3. The molecule has 0 amide bonds. The van der Waals surface area contributed by atoms with Gasteiger partial charge in [-0.15, -0.1) is 0 Å². The third-order valence-electron chi connectivity index (χ3n) is 7.50. The van der Waals surface area contributed by atoms with Crippen LogP contribution in [-0.4, -0.2) is 26.3 Å². The van der Waals surface area contributed by atoms with Crippen molar-refractivity contribution in [1.82, 2.24) is 0 Å². The summed E-state index contributed by atoms with van der Waals surface area (Å²) in [5.41, 5.74) is 7.00. The average Bonchev–Trinajstić information content (AvgIpc) is 2.87. The number of hydrogen-bond acceptors (Lipinski definition) is 3. The first-order valence-electron chi connectivity index (χ1n) is 13.6. The molecule has 0 unspecified atom stereocenters. The summed E-state index contributed by atoms with van der Waals surface area (Å²) in [4.78, 5) is 11.8. The van der Waals surface area contributed by atoms with Gasteiger partial charge in [-0.1, -0.05) is 81.7 Å². The van der Waals surface area contributed by atoms with E-state index in [9.17, 15) is 4.79 Å². The first kappa shape index (κ1) is 27.2. The highest BCUT2D eigenvalue weighted by Crippen LogP contribution is 2.38. The molecule has 0 aromatic heterocycles. The second-order valence-electron chi connectivity index (χ2n) is 10.3. The molecule has 2 aromatic rings. The van der Waals surface area contributed by atoms with Gasteiger partial charge in [0.25, 0.3) is 0 Å². The Morgan fingerprint density at radius 1 is 1.00 bits per heavy atom. The maximum atomic E-state index is 11.8. The molecule has 190 valence electrons. The summed E-state index contributed by atoms with van der Waals surface area (Å²) < 4.78 is 10.2. The predicted molar refractivity (Wildman–Crippen MR) is 146 cm³/mol. The molecule has 1 fully saturated rings. The van der Waals surface area contributed by atoms with Gasteiger partial charge in [-0.25, -0.2) is 4.79 Å². The number of unbranched alkanes of at least 4 members (excludes halogenated alkanes) is 2. The number of carbonyl (C=O) groups excluding carboxylic acids is 1. The second-order valence-corrected chi connectivity index (χ2v) is 10.3. The van der Waals surface area contributed by atoms with Crippen LogP contribution < -0.4 is 0 Å². The summed E-state index contributed by atoms with van der Waals surface area (Å²) in [7, 11) is 1.54. The lowest BCUT2D eigenvalue weighted by Crippen LogP contribution is -2.13. The van der Waals surface area contributed by atoms with Crippen molar-refractivity contribution in [3.8, 4) is 11.1 Å². The smallest absolute Gasteiger partial charge is 0.335 e. The molecule has 0 spiro atoms. The van der Waals surface area contributed by atoms with Crippen molar-refractivity contribution in [1.29, 1.82) is 0 Å². The monoisotopic (exact) mass is 476 g/mol. The quantitative estimate of drug-likeness (QED) is 0.166. The molecule has 3 rings (SSSR count). The minimum absolute atomic E-state index is 0.209. The zero-order valence-corrected chi connectivity index (χ0v) is 22.1. The van der Waals surface area contributed by atoms with Crippen LogP contribution in [0, 0.1) is 12.8 Å². The van der Waals surface area contributed by atoms with Crippen molar-refractivity contribution in [2.45, 2.75) is 84.0 Å². The Morgan fingerprint density at radius 3 is 2.40 bits per heavy atom. The lowest BCUT2D eigenvalue weighted by molar-refractivity contribution is -0.139. The van der Waals surface area contributed by atoms with Gasteiger partial charge in [-0.2, -0.15) is 0 Å². The number of aryl methyl sites for hydroxylation is 2. The molecule has 0 radical (unpaired) electrons. The van der Waals surface area contributed by atoms with Crippen molar-refractivity contribution < 1.29 is 14.3 Å². The van der Waals surface area contributed by atoms with Crippen LogP contribution in [-0.2, 0) is 20.7 Å². The lowest BCUT2D eigenvalue weighted by atomic mass is 9.77. The van der Waals surface area contributed by atoms with E-state index in [0.717, 1.165) is 24.7 Å². The fraction of sp³-hybridized carbons (Fsp3) is 0.531. The summed E-state index contributed by atoms with van der Waals surface area (Å²) >= 11 is 0. The largest absolute Gasteiger partial charge is 0.462 e. The van der Waals surface area contributed by atoms with Gasteiger partial charge in [0.1, 0.15) is 0 Å². The van der Waals surface area contributed by atoms with Gasteiger partial charge in [-0.05, 0) is 85.1 Å². The zero-order valence-electron chi connectivity index (χ0n) is 22.1. The van der Waals surface area contributed by atoms with E-state index >= 15 is 0 Å². The Kier molecular flexibility index (Phi) is 11.1. The van der Waals surface area contributed by atoms with E-state index < -0.39 is 0 Å². The minimum atomic E-state index is -0.373. The molecular weight excluding hydrogens is 432 g/mol. The molecule has 0 atom stereocenters. The first-order chi connectivity index (χ1) is 17.0. The van der Waals surface area contributed by atoms with Gasteiger partial charge < -0.3 is 9.47 Å². The van der Waals surface area contributed by atoms with E-state index in [4.69, 9.17) is 9.47 Å². The fourth-order valence-electron chi connectivity index (χ4n) is 5.38. The van der Waals surface area contributed by atoms with E-state index in [1.807, 2.05) is 0 Å². The summed E-state index contributed by atoms with van der Waals surface area (Å²) in [5, 5.41) is 0. The lowest BCUT2D eigenvalue weighted by Gasteiger charge is -2.29. The third kappa shape index (κ3) is 8.35. The number of hydrogen-bond donors (Lipinski definition) is 0. The van der Waals surface area contributed by atoms with E-state index in [0.29, 0.717) is 12.2 Å². The highest BCUT2D eigenvalue weighted by atomic mass is 16.5. The molecule has 0 heterocycles. The maximum Gasteiger partial charge on any atom is 0.335 e. The van der Waals surface area contributed by atoms with Crippen molar-refractivity contribution in [2.75, 3.05) is 20.3 Å². The molecule has 3 heteroatoms. The predicted octanol–water partition coefficient (Wildman–Crippen LogP) is 8.19. The van der Waals surface area contributed by atoms with Gasteiger partial charge in [0.2, 0.25) is 0 Å². The van der Waals surface area contributed by atoms with Crippen LogP contribution in [0.1, 0.15) is 87.3 Å². The van der Waals surface area contributed by atoms with Crippen molar-refractivity contribution in [2.24, 2.45) is 5.92 Å². The van der Waals surface area contributed by atoms with Gasteiger partial charge in [-0.3, -0.25) is 0 Å². The van der Waals surface area contributed by atoms with E-state index in [2.05, 4.69) is 62.9 Å². The number of ether oxygens (including phenoxy) is 2. The van der Waals surface area contributed by atoms with E-state index in [1.165, 1.54) is 79.2 Å². The minimum Gasteiger partial charge on any atom is -0.462 e. The van der Waals surface area contributed by atoms with Crippen LogP contribution in [0.3, 0.4) is 0 Å². The number of methoxy groups -OCH3 is 1. The SMILES string of the molecule is C=C(COC)C(=O)OCCCc1ccc(-c2ccc(C3CCC(CCCCC)CC3)cc2)c(C)c1. The Morgan fingerprint density at radius 2 is 1.74 bits per heavy atom. The molecule has 1 saturated carbocycles. The van der Waals surface area contributed by atoms with Crippen LogP contribution in [0.5, 0.6) is 0 Å². The molecule has 2 aromatic carbocycles. The Labute approximate surface area is 212 Å². The van der Waals surface area contributed by atoms with Crippen molar-refractivity contribution in [3.05, 3.63) is 71.3 Å². The average molecular weight is 477 g/mol. The molecule has 1 aliphatic carbocycles. The van der Waals surface area contributed by atoms with E-state index in [-0.39, 0.29) is 12.6 Å². The van der Waals surface area contributed by atoms with Crippen LogP contribution in [0.2, 0.25) is 0 Å². The molecule has 0 N–H and O–H groups in total. The number of benzene rings is 2. The fourth-order valence-corrected chi connectivity index (χ4v) is 5.38. The van der Waals surface area contributed by atoms with Gasteiger partial charge >= 0.3 is 5.97 Å². The summed E-state index contributed by atoms with van der Waals surface area (Å²) in [6.07, 6.45) is 12.7. The summed E-state index contributed by atoms with van der Waals surface area (Å²) in [6.45, 7) is 8.76. The van der Waals surface area contributed by atoms with Crippen molar-refractivity contribution >= 4 is 5.97 Å². The standard InChI is InChI=1S/C32H44O3/c1-5-6-7-9-26-11-14-28(15-12-26)29-16-18-30(19-17-29)31-20-13-27(22-24(31)2)10-8-21-35-32(33)25(3)23-34-4/h13,16-20,22,26,28H,3,5-12,14-15,21,23H2,1-2,4H3. The molecule has 0 bridgehead atoms. The topological polar surface area (TPSA) is 35.5 Å². The Balaban J connectivity index is 1.48. The second kappa shape index (κ2) is 14.2. The van der Waals surface area contributed by atoms with Crippen molar-refractivity contribution in [3.63, 3.8) is 0 Å². The maximum absolute atomic E-state index is 11.8.